The molecule has 5 heteroatoms. The van der Waals surface area contributed by atoms with Gasteiger partial charge in [-0.3, -0.25) is 5.01 Å². The van der Waals surface area contributed by atoms with E-state index in [0.717, 1.165) is 5.01 Å². The van der Waals surface area contributed by atoms with Crippen LogP contribution in [-0.2, 0) is 4.79 Å². The van der Waals surface area contributed by atoms with E-state index >= 15 is 0 Å². The Balaban J connectivity index is 2.79. The second-order valence-electron chi connectivity index (χ2n) is 2.53. The summed E-state index contributed by atoms with van der Waals surface area (Å²) in [5.74, 6) is 4.31. The maximum atomic E-state index is 10.5. The molecule has 0 aliphatic heterocycles. The molecule has 0 heterocycles. The molecule has 1 atom stereocenters. The topological polar surface area (TPSA) is 92.6 Å². The normalized spacial score (nSPS) is 12.2. The number of hydrogen-bond acceptors (Lipinski definition) is 4. The van der Waals surface area contributed by atoms with E-state index in [2.05, 4.69) is 0 Å². The van der Waals surface area contributed by atoms with Gasteiger partial charge < -0.3 is 10.8 Å². The Morgan fingerprint density at radius 1 is 1.38 bits per heavy atom. The average Bonchev–Trinajstić information content (AvgIpc) is 2.17. The van der Waals surface area contributed by atoms with Crippen molar-refractivity contribution in [2.75, 3.05) is 5.01 Å². The summed E-state index contributed by atoms with van der Waals surface area (Å²) in [5.41, 5.74) is 5.86. The molecular weight excluding hydrogens is 170 g/mol. The lowest BCUT2D eigenvalue weighted by Gasteiger charge is -2.22. The number of carboxylic acids is 1. The fraction of sp³-hybridized carbons (Fsp3) is 0.125. The Kier molecular flexibility index (Phi) is 2.84. The molecule has 0 aliphatic carbocycles. The highest BCUT2D eigenvalue weighted by molar-refractivity contribution is 5.76. The predicted octanol–water partition coefficient (Wildman–Crippen LogP) is -0.264. The summed E-state index contributed by atoms with van der Waals surface area (Å²) in [6.45, 7) is 0. The molecule has 0 spiro atoms. The molecule has 5 N–H and O–H groups in total. The number of rotatable bonds is 3. The summed E-state index contributed by atoms with van der Waals surface area (Å²) in [6, 6.07) is 8.68. The molecule has 0 saturated carbocycles. The minimum absolute atomic E-state index is 0.567. The number of anilines is 1. The zero-order chi connectivity index (χ0) is 9.84. The highest BCUT2D eigenvalue weighted by Gasteiger charge is 2.17. The standard InChI is InChI=1S/C8H11N3O2/c9-7(8(12)13)11(10)6-4-2-1-3-5-6/h1-5,7H,9-10H2,(H,12,13). The molecule has 0 aliphatic rings. The van der Waals surface area contributed by atoms with Crippen molar-refractivity contribution in [1.82, 2.24) is 0 Å². The molecule has 70 valence electrons. The van der Waals surface area contributed by atoms with Gasteiger partial charge in [-0.1, -0.05) is 18.2 Å². The predicted molar refractivity (Wildman–Crippen MR) is 48.7 cm³/mol. The van der Waals surface area contributed by atoms with Gasteiger partial charge in [0.15, 0.2) is 6.17 Å². The largest absolute Gasteiger partial charge is 0.479 e. The lowest BCUT2D eigenvalue weighted by molar-refractivity contribution is -0.138. The van der Waals surface area contributed by atoms with Crippen LogP contribution in [0.5, 0.6) is 0 Å². The first-order valence-corrected chi connectivity index (χ1v) is 3.70. The van der Waals surface area contributed by atoms with Gasteiger partial charge in [0.05, 0.1) is 5.69 Å². The quantitative estimate of drug-likeness (QED) is 0.339. The number of hydrogen-bond donors (Lipinski definition) is 3. The molecule has 1 aromatic carbocycles. The Hall–Kier alpha value is -1.59. The molecule has 1 rings (SSSR count). The van der Waals surface area contributed by atoms with Gasteiger partial charge in [-0.15, -0.1) is 0 Å². The lowest BCUT2D eigenvalue weighted by Crippen LogP contribution is -2.52. The van der Waals surface area contributed by atoms with E-state index in [1.54, 1.807) is 24.3 Å². The number of nitrogens with zero attached hydrogens (tertiary/aromatic N) is 1. The smallest absolute Gasteiger partial charge is 0.342 e. The van der Waals surface area contributed by atoms with Gasteiger partial charge in [-0.05, 0) is 12.1 Å². The van der Waals surface area contributed by atoms with Gasteiger partial charge in [0.1, 0.15) is 0 Å². The minimum Gasteiger partial charge on any atom is -0.479 e. The van der Waals surface area contributed by atoms with E-state index in [1.807, 2.05) is 6.07 Å². The van der Waals surface area contributed by atoms with Crippen LogP contribution in [0, 0.1) is 0 Å². The number of benzene rings is 1. The van der Waals surface area contributed by atoms with Crippen molar-refractivity contribution in [3.8, 4) is 0 Å². The van der Waals surface area contributed by atoms with Crippen molar-refractivity contribution in [2.45, 2.75) is 6.17 Å². The van der Waals surface area contributed by atoms with E-state index in [1.165, 1.54) is 0 Å². The highest BCUT2D eigenvalue weighted by Crippen LogP contribution is 2.09. The van der Waals surface area contributed by atoms with E-state index in [9.17, 15) is 4.79 Å². The summed E-state index contributed by atoms with van der Waals surface area (Å²) in [7, 11) is 0. The molecule has 0 bridgehead atoms. The highest BCUT2D eigenvalue weighted by atomic mass is 16.4. The molecule has 0 saturated heterocycles. The second-order valence-corrected chi connectivity index (χ2v) is 2.53. The van der Waals surface area contributed by atoms with E-state index in [4.69, 9.17) is 16.7 Å². The summed E-state index contributed by atoms with van der Waals surface area (Å²) >= 11 is 0. The Bertz CT molecular complexity index is 289. The molecule has 0 aromatic heterocycles. The van der Waals surface area contributed by atoms with E-state index < -0.39 is 12.1 Å². The first-order valence-electron chi connectivity index (χ1n) is 3.70. The number of carbonyl (C=O) groups is 1. The van der Waals surface area contributed by atoms with Crippen molar-refractivity contribution in [3.63, 3.8) is 0 Å². The summed E-state index contributed by atoms with van der Waals surface area (Å²) in [5, 5.41) is 9.57. The van der Waals surface area contributed by atoms with Crippen LogP contribution in [-0.4, -0.2) is 17.2 Å². The van der Waals surface area contributed by atoms with Gasteiger partial charge in [-0.2, -0.15) is 0 Å². The van der Waals surface area contributed by atoms with E-state index in [-0.39, 0.29) is 0 Å². The third kappa shape index (κ3) is 2.17. The van der Waals surface area contributed by atoms with Crippen molar-refractivity contribution in [1.29, 1.82) is 0 Å². The van der Waals surface area contributed by atoms with Gasteiger partial charge in [-0.25, -0.2) is 10.6 Å². The fourth-order valence-electron chi connectivity index (χ4n) is 0.880. The number of aliphatic carboxylic acids is 1. The van der Waals surface area contributed by atoms with Gasteiger partial charge in [0, 0.05) is 0 Å². The van der Waals surface area contributed by atoms with Crippen LogP contribution in [0.15, 0.2) is 30.3 Å². The first-order chi connectivity index (χ1) is 6.13. The Morgan fingerprint density at radius 3 is 2.38 bits per heavy atom. The molecular formula is C8H11N3O2. The van der Waals surface area contributed by atoms with Crippen molar-refractivity contribution >= 4 is 11.7 Å². The number of carboxylic acid groups (broad SMARTS) is 1. The maximum absolute atomic E-state index is 10.5. The monoisotopic (exact) mass is 181 g/mol. The molecule has 0 radical (unpaired) electrons. The number of hydrazine groups is 1. The molecule has 0 fully saturated rings. The maximum Gasteiger partial charge on any atom is 0.342 e. The second kappa shape index (κ2) is 3.88. The molecule has 5 nitrogen and oxygen atoms in total. The zero-order valence-corrected chi connectivity index (χ0v) is 6.92. The first kappa shape index (κ1) is 9.50. The van der Waals surface area contributed by atoms with Gasteiger partial charge >= 0.3 is 5.97 Å². The third-order valence-corrected chi connectivity index (χ3v) is 1.61. The van der Waals surface area contributed by atoms with Crippen LogP contribution in [0.25, 0.3) is 0 Å². The third-order valence-electron chi connectivity index (χ3n) is 1.61. The number of nitrogens with two attached hydrogens (primary N) is 2. The summed E-state index contributed by atoms with van der Waals surface area (Å²) in [4.78, 5) is 10.5. The van der Waals surface area contributed by atoms with Crippen molar-refractivity contribution < 1.29 is 9.90 Å². The Morgan fingerprint density at radius 2 is 1.92 bits per heavy atom. The van der Waals surface area contributed by atoms with Gasteiger partial charge in [0.2, 0.25) is 0 Å². The summed E-state index contributed by atoms with van der Waals surface area (Å²) < 4.78 is 0. The number of para-hydroxylation sites is 1. The van der Waals surface area contributed by atoms with Crippen molar-refractivity contribution in [2.24, 2.45) is 11.6 Å². The van der Waals surface area contributed by atoms with Crippen LogP contribution < -0.4 is 16.6 Å². The van der Waals surface area contributed by atoms with Crippen LogP contribution in [0.1, 0.15) is 0 Å². The van der Waals surface area contributed by atoms with Crippen LogP contribution >= 0.6 is 0 Å². The zero-order valence-electron chi connectivity index (χ0n) is 6.92. The van der Waals surface area contributed by atoms with Gasteiger partial charge in [0.25, 0.3) is 0 Å². The van der Waals surface area contributed by atoms with Crippen LogP contribution in [0.2, 0.25) is 0 Å². The van der Waals surface area contributed by atoms with Crippen molar-refractivity contribution in [3.05, 3.63) is 30.3 Å². The summed E-state index contributed by atoms with van der Waals surface area (Å²) in [6.07, 6.45) is -1.22. The van der Waals surface area contributed by atoms with E-state index in [0.29, 0.717) is 5.69 Å². The molecule has 1 aromatic rings. The molecule has 0 amide bonds. The van der Waals surface area contributed by atoms with Crippen LogP contribution in [0.3, 0.4) is 0 Å². The lowest BCUT2D eigenvalue weighted by atomic mass is 10.3. The fourth-order valence-corrected chi connectivity index (χ4v) is 0.880. The Labute approximate surface area is 75.5 Å². The average molecular weight is 181 g/mol. The minimum atomic E-state index is -1.22. The SMILES string of the molecule is NC(C(=O)O)N(N)c1ccccc1. The van der Waals surface area contributed by atoms with Crippen LogP contribution in [0.4, 0.5) is 5.69 Å². The molecule has 13 heavy (non-hydrogen) atoms. The molecule has 1 unspecified atom stereocenters.